The van der Waals surface area contributed by atoms with Crippen LogP contribution in [0.25, 0.3) is 0 Å². The number of methoxy groups -OCH3 is 1. The molecule has 0 spiro atoms. The molecule has 0 saturated heterocycles. The van der Waals surface area contributed by atoms with Gasteiger partial charge in [0.1, 0.15) is 9.96 Å². The molecule has 7 heteroatoms. The van der Waals surface area contributed by atoms with Gasteiger partial charge < -0.3 is 4.74 Å². The maximum absolute atomic E-state index is 12.3. The summed E-state index contributed by atoms with van der Waals surface area (Å²) in [5, 5.41) is 1.68. The van der Waals surface area contributed by atoms with Gasteiger partial charge in [0.15, 0.2) is 5.78 Å². The Hall–Kier alpha value is -1.70. The predicted molar refractivity (Wildman–Crippen MR) is 90.9 cm³/mol. The third kappa shape index (κ3) is 4.19. The van der Waals surface area contributed by atoms with E-state index >= 15 is 0 Å². The molecule has 2 rings (SSSR count). The number of ketones is 1. The molecule has 0 aliphatic carbocycles. The van der Waals surface area contributed by atoms with Crippen molar-refractivity contribution in [2.45, 2.75) is 24.0 Å². The van der Waals surface area contributed by atoms with Crippen LogP contribution in [0.2, 0.25) is 0 Å². The molecule has 0 aliphatic rings. The number of hydrogen-bond donors (Lipinski definition) is 1. The quantitative estimate of drug-likeness (QED) is 0.777. The van der Waals surface area contributed by atoms with Crippen molar-refractivity contribution in [3.05, 3.63) is 46.8 Å². The molecule has 1 N–H and O–H groups in total. The Morgan fingerprint density at radius 2 is 2.04 bits per heavy atom. The van der Waals surface area contributed by atoms with Gasteiger partial charge in [-0.2, -0.15) is 0 Å². The lowest BCUT2D eigenvalue weighted by molar-refractivity contribution is 0.0997. The summed E-state index contributed by atoms with van der Waals surface area (Å²) in [5.74, 6) is 0.630. The monoisotopic (exact) mass is 353 g/mol. The molecule has 0 amide bonds. The van der Waals surface area contributed by atoms with Crippen LogP contribution in [-0.2, 0) is 10.0 Å². The van der Waals surface area contributed by atoms with E-state index in [-0.39, 0.29) is 22.5 Å². The summed E-state index contributed by atoms with van der Waals surface area (Å²) in [7, 11) is -2.06. The molecule has 0 bridgehead atoms. The van der Waals surface area contributed by atoms with Crippen LogP contribution in [0, 0.1) is 0 Å². The number of carbonyl (C=O) groups is 1. The Bertz CT molecular complexity index is 780. The predicted octanol–water partition coefficient (Wildman–Crippen LogP) is 3.04. The van der Waals surface area contributed by atoms with Gasteiger partial charge in [-0.1, -0.05) is 19.9 Å². The van der Waals surface area contributed by atoms with Crippen molar-refractivity contribution in [2.24, 2.45) is 0 Å². The molecule has 2 aromatic rings. The van der Waals surface area contributed by atoms with Crippen molar-refractivity contribution in [3.63, 3.8) is 0 Å². The summed E-state index contributed by atoms with van der Waals surface area (Å²) < 4.78 is 31.9. The summed E-state index contributed by atoms with van der Waals surface area (Å²) in [5.41, 5.74) is 1.38. The van der Waals surface area contributed by atoms with Crippen LogP contribution in [0.5, 0.6) is 5.75 Å². The van der Waals surface area contributed by atoms with Gasteiger partial charge >= 0.3 is 0 Å². The first-order valence-electron chi connectivity index (χ1n) is 7.09. The zero-order chi connectivity index (χ0) is 17.0. The van der Waals surface area contributed by atoms with E-state index in [1.807, 2.05) is 13.8 Å². The van der Waals surface area contributed by atoms with E-state index in [0.717, 1.165) is 22.6 Å². The van der Waals surface area contributed by atoms with Gasteiger partial charge in [0, 0.05) is 5.56 Å². The topological polar surface area (TPSA) is 72.5 Å². The van der Waals surface area contributed by atoms with E-state index < -0.39 is 10.0 Å². The minimum atomic E-state index is -3.64. The Morgan fingerprint density at radius 3 is 2.61 bits per heavy atom. The number of rotatable bonds is 7. The number of nitrogens with one attached hydrogen (secondary N) is 1. The molecule has 0 fully saturated rings. The van der Waals surface area contributed by atoms with Gasteiger partial charge in [-0.05, 0) is 41.1 Å². The van der Waals surface area contributed by atoms with Gasteiger partial charge in [0.2, 0.25) is 10.0 Å². The molecule has 0 unspecified atom stereocenters. The lowest BCUT2D eigenvalue weighted by Gasteiger charge is -2.13. The van der Waals surface area contributed by atoms with Gasteiger partial charge in [-0.25, -0.2) is 13.1 Å². The highest BCUT2D eigenvalue weighted by atomic mass is 32.2. The van der Waals surface area contributed by atoms with Gasteiger partial charge in [-0.3, -0.25) is 4.79 Å². The minimum absolute atomic E-state index is 0.195. The van der Waals surface area contributed by atoms with Crippen LogP contribution < -0.4 is 9.46 Å². The highest BCUT2D eigenvalue weighted by Crippen LogP contribution is 2.27. The van der Waals surface area contributed by atoms with Gasteiger partial charge in [0.25, 0.3) is 0 Å². The number of carbonyl (C=O) groups excluding carboxylic acids is 1. The molecular weight excluding hydrogens is 334 g/mol. The highest BCUT2D eigenvalue weighted by Gasteiger charge is 2.18. The average molecular weight is 353 g/mol. The standard InChI is InChI=1S/C16H19NO4S2/c1-11(2)13-9-12(6-7-15(13)21-3)14(18)10-17-23(19,20)16-5-4-8-22-16/h4-9,11,17H,10H2,1-3H3. The van der Waals surface area contributed by atoms with Crippen molar-refractivity contribution < 1.29 is 17.9 Å². The fourth-order valence-electron chi connectivity index (χ4n) is 2.11. The van der Waals surface area contributed by atoms with Crippen LogP contribution >= 0.6 is 11.3 Å². The number of hydrogen-bond acceptors (Lipinski definition) is 5. The van der Waals surface area contributed by atoms with E-state index in [1.54, 1.807) is 36.8 Å². The molecule has 23 heavy (non-hydrogen) atoms. The average Bonchev–Trinajstić information content (AvgIpc) is 3.07. The molecule has 1 aromatic heterocycles. The van der Waals surface area contributed by atoms with Gasteiger partial charge in [0.05, 0.1) is 13.7 Å². The van der Waals surface area contributed by atoms with Crippen LogP contribution in [0.1, 0.15) is 35.7 Å². The molecule has 5 nitrogen and oxygen atoms in total. The largest absolute Gasteiger partial charge is 0.496 e. The summed E-state index contributed by atoms with van der Waals surface area (Å²) in [6.45, 7) is 3.74. The first-order chi connectivity index (χ1) is 10.8. The van der Waals surface area contributed by atoms with E-state index in [0.29, 0.717) is 5.56 Å². The Labute approximate surface area is 140 Å². The summed E-state index contributed by atoms with van der Waals surface area (Å²) >= 11 is 1.11. The summed E-state index contributed by atoms with van der Waals surface area (Å²) in [4.78, 5) is 12.3. The fraction of sp³-hybridized carbons (Fsp3) is 0.312. The van der Waals surface area contributed by atoms with E-state index in [9.17, 15) is 13.2 Å². The lowest BCUT2D eigenvalue weighted by atomic mass is 9.98. The Balaban J connectivity index is 2.14. The Kier molecular flexibility index (Phi) is 5.56. The molecule has 1 heterocycles. The van der Waals surface area contributed by atoms with Crippen molar-refractivity contribution in [2.75, 3.05) is 13.7 Å². The molecule has 1 aromatic carbocycles. The number of ether oxygens (including phenoxy) is 1. The zero-order valence-corrected chi connectivity index (χ0v) is 14.8. The Morgan fingerprint density at radius 1 is 1.30 bits per heavy atom. The molecule has 0 saturated carbocycles. The SMILES string of the molecule is COc1ccc(C(=O)CNS(=O)(=O)c2cccs2)cc1C(C)C. The first-order valence-corrected chi connectivity index (χ1v) is 9.45. The van der Waals surface area contributed by atoms with E-state index in [4.69, 9.17) is 4.74 Å². The molecule has 0 radical (unpaired) electrons. The number of Topliss-reactive ketones (excluding diaryl/α,β-unsaturated/α-hetero) is 1. The normalized spacial score (nSPS) is 11.7. The third-order valence-corrected chi connectivity index (χ3v) is 6.16. The van der Waals surface area contributed by atoms with E-state index in [1.165, 1.54) is 6.07 Å². The number of thiophene rings is 1. The van der Waals surface area contributed by atoms with Crippen LogP contribution in [0.4, 0.5) is 0 Å². The van der Waals surface area contributed by atoms with Crippen molar-refractivity contribution in [1.29, 1.82) is 0 Å². The van der Waals surface area contributed by atoms with Crippen LogP contribution in [0.3, 0.4) is 0 Å². The second kappa shape index (κ2) is 7.25. The fourth-order valence-corrected chi connectivity index (χ4v) is 4.13. The molecule has 0 atom stereocenters. The first kappa shape index (κ1) is 17.7. The van der Waals surface area contributed by atoms with Crippen molar-refractivity contribution in [1.82, 2.24) is 4.72 Å². The van der Waals surface area contributed by atoms with Crippen LogP contribution in [0.15, 0.2) is 39.9 Å². The second-order valence-corrected chi connectivity index (χ2v) is 8.23. The summed E-state index contributed by atoms with van der Waals surface area (Å²) in [6.07, 6.45) is 0. The molecular formula is C16H19NO4S2. The molecule has 0 aliphatic heterocycles. The minimum Gasteiger partial charge on any atom is -0.496 e. The maximum atomic E-state index is 12.3. The zero-order valence-electron chi connectivity index (χ0n) is 13.2. The maximum Gasteiger partial charge on any atom is 0.250 e. The number of sulfonamides is 1. The van der Waals surface area contributed by atoms with Crippen LogP contribution in [-0.4, -0.2) is 27.9 Å². The van der Waals surface area contributed by atoms with Crippen molar-refractivity contribution in [3.8, 4) is 5.75 Å². The second-order valence-electron chi connectivity index (χ2n) is 5.29. The third-order valence-electron chi connectivity index (χ3n) is 3.36. The highest BCUT2D eigenvalue weighted by molar-refractivity contribution is 7.91. The lowest BCUT2D eigenvalue weighted by Crippen LogP contribution is -2.29. The van der Waals surface area contributed by atoms with Crippen molar-refractivity contribution >= 4 is 27.1 Å². The number of benzene rings is 1. The summed E-state index contributed by atoms with van der Waals surface area (Å²) in [6, 6.07) is 8.29. The molecule has 124 valence electrons. The van der Waals surface area contributed by atoms with E-state index in [2.05, 4.69) is 4.72 Å². The van der Waals surface area contributed by atoms with Gasteiger partial charge in [-0.15, -0.1) is 11.3 Å². The smallest absolute Gasteiger partial charge is 0.250 e.